The standard InChI is InChI=1S/C18H21NO2/c20-17-10-4-9-16(17)18(21)19-12-11-14-7-3-6-13-5-1-2-8-15(13)14/h1-3,5-8,16-17,20H,4,9-12H2,(H,19,21). The third-order valence-corrected chi connectivity index (χ3v) is 4.39. The van der Waals surface area contributed by atoms with Gasteiger partial charge in [0.05, 0.1) is 12.0 Å². The second-order valence-corrected chi connectivity index (χ2v) is 5.78. The smallest absolute Gasteiger partial charge is 0.225 e. The largest absolute Gasteiger partial charge is 0.392 e. The number of amides is 1. The van der Waals surface area contributed by atoms with E-state index in [1.54, 1.807) is 0 Å². The topological polar surface area (TPSA) is 49.3 Å². The van der Waals surface area contributed by atoms with Crippen molar-refractivity contribution in [2.45, 2.75) is 31.8 Å². The van der Waals surface area contributed by atoms with Crippen molar-refractivity contribution in [3.63, 3.8) is 0 Å². The van der Waals surface area contributed by atoms with E-state index in [9.17, 15) is 9.90 Å². The molecule has 0 saturated heterocycles. The van der Waals surface area contributed by atoms with Crippen LogP contribution in [0.5, 0.6) is 0 Å². The van der Waals surface area contributed by atoms with Crippen molar-refractivity contribution in [3.8, 4) is 0 Å². The number of aliphatic hydroxyl groups is 1. The summed E-state index contributed by atoms with van der Waals surface area (Å²) < 4.78 is 0. The van der Waals surface area contributed by atoms with Crippen molar-refractivity contribution in [2.24, 2.45) is 5.92 Å². The maximum atomic E-state index is 12.0. The van der Waals surface area contributed by atoms with E-state index in [0.29, 0.717) is 6.54 Å². The predicted molar refractivity (Wildman–Crippen MR) is 84.0 cm³/mol. The van der Waals surface area contributed by atoms with E-state index in [1.807, 2.05) is 12.1 Å². The quantitative estimate of drug-likeness (QED) is 0.906. The van der Waals surface area contributed by atoms with Crippen molar-refractivity contribution >= 4 is 16.7 Å². The van der Waals surface area contributed by atoms with E-state index in [-0.39, 0.29) is 11.8 Å². The van der Waals surface area contributed by atoms with Crippen LogP contribution < -0.4 is 5.32 Å². The van der Waals surface area contributed by atoms with Gasteiger partial charge in [0.25, 0.3) is 0 Å². The molecule has 3 rings (SSSR count). The Morgan fingerprint density at radius 2 is 1.95 bits per heavy atom. The second-order valence-electron chi connectivity index (χ2n) is 5.78. The normalized spacial score (nSPS) is 21.6. The highest BCUT2D eigenvalue weighted by molar-refractivity contribution is 5.85. The minimum Gasteiger partial charge on any atom is -0.392 e. The van der Waals surface area contributed by atoms with Crippen molar-refractivity contribution < 1.29 is 9.90 Å². The fraction of sp³-hybridized carbons (Fsp3) is 0.389. The molecule has 0 bridgehead atoms. The lowest BCUT2D eigenvalue weighted by molar-refractivity contribution is -0.127. The summed E-state index contributed by atoms with van der Waals surface area (Å²) in [4.78, 5) is 12.0. The van der Waals surface area contributed by atoms with Crippen LogP contribution in [0.25, 0.3) is 10.8 Å². The van der Waals surface area contributed by atoms with Crippen LogP contribution in [0, 0.1) is 5.92 Å². The van der Waals surface area contributed by atoms with E-state index in [2.05, 4.69) is 35.6 Å². The van der Waals surface area contributed by atoms with Gasteiger partial charge in [0, 0.05) is 6.54 Å². The number of carbonyl (C=O) groups excluding carboxylic acids is 1. The molecule has 21 heavy (non-hydrogen) atoms. The van der Waals surface area contributed by atoms with Gasteiger partial charge in [-0.25, -0.2) is 0 Å². The van der Waals surface area contributed by atoms with Gasteiger partial charge in [0.2, 0.25) is 5.91 Å². The van der Waals surface area contributed by atoms with Crippen molar-refractivity contribution in [1.82, 2.24) is 5.32 Å². The molecule has 0 radical (unpaired) electrons. The molecule has 0 aromatic heterocycles. The molecular weight excluding hydrogens is 262 g/mol. The minimum absolute atomic E-state index is 0.000219. The van der Waals surface area contributed by atoms with Crippen LogP contribution in [0.1, 0.15) is 24.8 Å². The molecular formula is C18H21NO2. The Labute approximate surface area is 125 Å². The summed E-state index contributed by atoms with van der Waals surface area (Å²) in [6.45, 7) is 0.621. The zero-order valence-electron chi connectivity index (χ0n) is 12.1. The predicted octanol–water partition coefficient (Wildman–Crippen LogP) is 2.66. The van der Waals surface area contributed by atoms with Gasteiger partial charge in [0.15, 0.2) is 0 Å². The first kappa shape index (κ1) is 14.1. The summed E-state index contributed by atoms with van der Waals surface area (Å²) in [7, 11) is 0. The lowest BCUT2D eigenvalue weighted by Gasteiger charge is -2.14. The molecule has 0 heterocycles. The highest BCUT2D eigenvalue weighted by atomic mass is 16.3. The van der Waals surface area contributed by atoms with Crippen LogP contribution in [-0.4, -0.2) is 23.7 Å². The highest BCUT2D eigenvalue weighted by Gasteiger charge is 2.30. The number of hydrogen-bond donors (Lipinski definition) is 2. The fourth-order valence-corrected chi connectivity index (χ4v) is 3.21. The molecule has 1 amide bonds. The molecule has 0 spiro atoms. The van der Waals surface area contributed by atoms with Gasteiger partial charge in [-0.2, -0.15) is 0 Å². The summed E-state index contributed by atoms with van der Waals surface area (Å²) in [6, 6.07) is 14.6. The Hall–Kier alpha value is -1.87. The van der Waals surface area contributed by atoms with E-state index in [0.717, 1.165) is 25.7 Å². The number of nitrogens with one attached hydrogen (secondary N) is 1. The van der Waals surface area contributed by atoms with Crippen molar-refractivity contribution in [2.75, 3.05) is 6.54 Å². The van der Waals surface area contributed by atoms with Crippen LogP contribution in [0.2, 0.25) is 0 Å². The van der Waals surface area contributed by atoms with E-state index >= 15 is 0 Å². The van der Waals surface area contributed by atoms with Crippen molar-refractivity contribution in [1.29, 1.82) is 0 Å². The molecule has 1 aliphatic carbocycles. The molecule has 2 aromatic carbocycles. The molecule has 2 aromatic rings. The molecule has 1 saturated carbocycles. The second kappa shape index (κ2) is 6.27. The lowest BCUT2D eigenvalue weighted by atomic mass is 10.0. The zero-order valence-corrected chi connectivity index (χ0v) is 12.1. The zero-order chi connectivity index (χ0) is 14.7. The van der Waals surface area contributed by atoms with E-state index in [1.165, 1.54) is 16.3 Å². The molecule has 2 N–H and O–H groups in total. The van der Waals surface area contributed by atoms with E-state index in [4.69, 9.17) is 0 Å². The van der Waals surface area contributed by atoms with Gasteiger partial charge >= 0.3 is 0 Å². The Morgan fingerprint density at radius 1 is 1.14 bits per heavy atom. The average molecular weight is 283 g/mol. The van der Waals surface area contributed by atoms with Crippen LogP contribution in [0.15, 0.2) is 42.5 Å². The molecule has 1 aliphatic rings. The van der Waals surface area contributed by atoms with Gasteiger partial charge in [-0.15, -0.1) is 0 Å². The summed E-state index contributed by atoms with van der Waals surface area (Å²) in [5.41, 5.74) is 1.25. The molecule has 110 valence electrons. The minimum atomic E-state index is -0.456. The van der Waals surface area contributed by atoms with E-state index < -0.39 is 6.10 Å². The monoisotopic (exact) mass is 283 g/mol. The summed E-state index contributed by atoms with van der Waals surface area (Å²) >= 11 is 0. The molecule has 3 heteroatoms. The Balaban J connectivity index is 1.61. The number of fused-ring (bicyclic) bond motifs is 1. The molecule has 2 unspecified atom stereocenters. The molecule has 2 atom stereocenters. The first-order chi connectivity index (χ1) is 10.3. The first-order valence-corrected chi connectivity index (χ1v) is 7.68. The maximum Gasteiger partial charge on any atom is 0.225 e. The van der Waals surface area contributed by atoms with Crippen LogP contribution >= 0.6 is 0 Å². The Kier molecular flexibility index (Phi) is 4.20. The van der Waals surface area contributed by atoms with Gasteiger partial charge in [-0.3, -0.25) is 4.79 Å². The number of rotatable bonds is 4. The van der Waals surface area contributed by atoms with Crippen LogP contribution in [-0.2, 0) is 11.2 Å². The summed E-state index contributed by atoms with van der Waals surface area (Å²) in [5, 5.41) is 15.2. The maximum absolute atomic E-state index is 12.0. The van der Waals surface area contributed by atoms with Gasteiger partial charge < -0.3 is 10.4 Å². The van der Waals surface area contributed by atoms with Crippen LogP contribution in [0.4, 0.5) is 0 Å². The van der Waals surface area contributed by atoms with Crippen LogP contribution in [0.3, 0.4) is 0 Å². The van der Waals surface area contributed by atoms with Crippen molar-refractivity contribution in [3.05, 3.63) is 48.0 Å². The van der Waals surface area contributed by atoms with Gasteiger partial charge in [-0.05, 0) is 42.0 Å². The third kappa shape index (κ3) is 3.08. The SMILES string of the molecule is O=C(NCCc1cccc2ccccc12)C1CCCC1O. The lowest BCUT2D eigenvalue weighted by Crippen LogP contribution is -2.35. The average Bonchev–Trinajstić information content (AvgIpc) is 2.93. The first-order valence-electron chi connectivity index (χ1n) is 7.68. The fourth-order valence-electron chi connectivity index (χ4n) is 3.21. The number of benzene rings is 2. The summed E-state index contributed by atoms with van der Waals surface area (Å²) in [5.74, 6) is -0.210. The summed E-state index contributed by atoms with van der Waals surface area (Å²) in [6.07, 6.45) is 2.86. The van der Waals surface area contributed by atoms with Gasteiger partial charge in [-0.1, -0.05) is 42.5 Å². The Bertz CT molecular complexity index is 633. The highest BCUT2D eigenvalue weighted by Crippen LogP contribution is 2.25. The Morgan fingerprint density at radius 3 is 2.76 bits per heavy atom. The number of hydrogen-bond acceptors (Lipinski definition) is 2. The molecule has 3 nitrogen and oxygen atoms in total. The molecule has 1 fully saturated rings. The van der Waals surface area contributed by atoms with Gasteiger partial charge in [0.1, 0.15) is 0 Å². The number of carbonyl (C=O) groups is 1. The number of aliphatic hydroxyl groups excluding tert-OH is 1. The molecule has 0 aliphatic heterocycles. The third-order valence-electron chi connectivity index (χ3n) is 4.39.